The summed E-state index contributed by atoms with van der Waals surface area (Å²) in [6.07, 6.45) is 3.97. The maximum absolute atomic E-state index is 11.7. The van der Waals surface area contributed by atoms with Gasteiger partial charge in [-0.15, -0.1) is 0 Å². The Kier molecular flexibility index (Phi) is 3.06. The van der Waals surface area contributed by atoms with Crippen LogP contribution >= 0.6 is 15.9 Å². The second-order valence-electron chi connectivity index (χ2n) is 3.31. The van der Waals surface area contributed by atoms with E-state index in [9.17, 15) is 4.79 Å². The Morgan fingerprint density at radius 2 is 1.80 bits per heavy atom. The molecule has 0 atom stereocenters. The molecule has 3 nitrogen and oxygen atoms in total. The minimum absolute atomic E-state index is 0.0534. The van der Waals surface area contributed by atoms with Gasteiger partial charge in [-0.3, -0.25) is 0 Å². The normalized spacial score (nSPS) is 14.3. The number of rotatable bonds is 1. The molecule has 0 fully saturated rings. The number of amides is 2. The summed E-state index contributed by atoms with van der Waals surface area (Å²) >= 11 is 3.34. The Hall–Kier alpha value is -1.29. The Balaban J connectivity index is 1.96. The fraction of sp³-hybridized carbons (Fsp3) is 0.182. The molecule has 0 aliphatic carbocycles. The van der Waals surface area contributed by atoms with E-state index in [1.54, 1.807) is 4.90 Å². The van der Waals surface area contributed by atoms with Crippen molar-refractivity contribution < 1.29 is 4.79 Å². The number of anilines is 1. The molecule has 0 spiro atoms. The molecule has 1 aromatic carbocycles. The zero-order valence-electron chi connectivity index (χ0n) is 8.11. The lowest BCUT2D eigenvalue weighted by atomic mass is 10.3. The van der Waals surface area contributed by atoms with Gasteiger partial charge in [-0.25, -0.2) is 4.79 Å². The first-order valence-electron chi connectivity index (χ1n) is 4.72. The van der Waals surface area contributed by atoms with Crippen LogP contribution in [0.25, 0.3) is 0 Å². The van der Waals surface area contributed by atoms with Gasteiger partial charge >= 0.3 is 6.03 Å². The smallest absolute Gasteiger partial charge is 0.317 e. The van der Waals surface area contributed by atoms with E-state index in [0.29, 0.717) is 13.1 Å². The molecule has 0 unspecified atom stereocenters. The summed E-state index contributed by atoms with van der Waals surface area (Å²) in [5.41, 5.74) is 0.815. The topological polar surface area (TPSA) is 32.3 Å². The van der Waals surface area contributed by atoms with Crippen LogP contribution in [0.2, 0.25) is 0 Å². The number of carbonyl (C=O) groups excluding carboxylic acids is 1. The lowest BCUT2D eigenvalue weighted by Crippen LogP contribution is -2.32. The molecule has 0 bridgehead atoms. The minimum atomic E-state index is -0.0534. The number of benzene rings is 1. The highest BCUT2D eigenvalue weighted by Crippen LogP contribution is 2.14. The van der Waals surface area contributed by atoms with E-state index >= 15 is 0 Å². The van der Waals surface area contributed by atoms with Gasteiger partial charge in [0.25, 0.3) is 0 Å². The van der Waals surface area contributed by atoms with Gasteiger partial charge < -0.3 is 10.2 Å². The maximum Gasteiger partial charge on any atom is 0.322 e. The molecule has 0 saturated carbocycles. The second-order valence-corrected chi connectivity index (χ2v) is 4.23. The lowest BCUT2D eigenvalue weighted by Gasteiger charge is -2.16. The zero-order chi connectivity index (χ0) is 10.7. The van der Waals surface area contributed by atoms with E-state index in [-0.39, 0.29) is 6.03 Å². The predicted molar refractivity (Wildman–Crippen MR) is 63.9 cm³/mol. The minimum Gasteiger partial charge on any atom is -0.317 e. The number of halogens is 1. The fourth-order valence-electron chi connectivity index (χ4n) is 1.38. The highest BCUT2D eigenvalue weighted by molar-refractivity contribution is 9.10. The fourth-order valence-corrected chi connectivity index (χ4v) is 1.64. The van der Waals surface area contributed by atoms with Crippen LogP contribution in [0.4, 0.5) is 10.5 Å². The Morgan fingerprint density at radius 1 is 1.20 bits per heavy atom. The summed E-state index contributed by atoms with van der Waals surface area (Å²) in [7, 11) is 0. The van der Waals surface area contributed by atoms with Crippen LogP contribution in [-0.4, -0.2) is 24.0 Å². The Bertz CT molecular complexity index is 378. The van der Waals surface area contributed by atoms with Crippen LogP contribution in [-0.2, 0) is 0 Å². The molecule has 78 valence electrons. The zero-order valence-corrected chi connectivity index (χ0v) is 9.70. The molecule has 2 rings (SSSR count). The standard InChI is InChI=1S/C11H11BrN2O/c12-9-3-5-10(6-4-9)13-11(15)14-7-1-2-8-14/h1-6H,7-8H2,(H,13,15). The van der Waals surface area contributed by atoms with Gasteiger partial charge in [0.15, 0.2) is 0 Å². The van der Waals surface area contributed by atoms with Crippen molar-refractivity contribution in [3.05, 3.63) is 40.9 Å². The van der Waals surface area contributed by atoms with Gasteiger partial charge in [0.2, 0.25) is 0 Å². The van der Waals surface area contributed by atoms with Crippen LogP contribution < -0.4 is 5.32 Å². The van der Waals surface area contributed by atoms with E-state index < -0.39 is 0 Å². The summed E-state index contributed by atoms with van der Waals surface area (Å²) in [6, 6.07) is 7.48. The van der Waals surface area contributed by atoms with Gasteiger partial charge in [-0.05, 0) is 24.3 Å². The van der Waals surface area contributed by atoms with Gasteiger partial charge in [0.1, 0.15) is 0 Å². The average molecular weight is 267 g/mol. The van der Waals surface area contributed by atoms with Crippen molar-refractivity contribution in [2.75, 3.05) is 18.4 Å². The molecule has 1 aliphatic heterocycles. The third-order valence-corrected chi connectivity index (χ3v) is 2.73. The summed E-state index contributed by atoms with van der Waals surface area (Å²) in [5.74, 6) is 0. The number of hydrogen-bond acceptors (Lipinski definition) is 1. The summed E-state index contributed by atoms with van der Waals surface area (Å²) in [4.78, 5) is 13.4. The SMILES string of the molecule is O=C(Nc1ccc(Br)cc1)N1CC=CC1. The van der Waals surface area contributed by atoms with Crippen LogP contribution in [0.3, 0.4) is 0 Å². The van der Waals surface area contributed by atoms with E-state index in [0.717, 1.165) is 10.2 Å². The molecule has 1 aromatic rings. The third kappa shape index (κ3) is 2.59. The largest absolute Gasteiger partial charge is 0.322 e. The van der Waals surface area contributed by atoms with E-state index in [4.69, 9.17) is 0 Å². The van der Waals surface area contributed by atoms with Crippen molar-refractivity contribution in [2.45, 2.75) is 0 Å². The monoisotopic (exact) mass is 266 g/mol. The quantitative estimate of drug-likeness (QED) is 0.779. The molecule has 1 N–H and O–H groups in total. The molecular weight excluding hydrogens is 256 g/mol. The molecule has 1 aliphatic rings. The van der Waals surface area contributed by atoms with Crippen molar-refractivity contribution in [1.82, 2.24) is 4.90 Å². The number of carbonyl (C=O) groups is 1. The molecule has 2 amide bonds. The van der Waals surface area contributed by atoms with Crippen LogP contribution in [0.1, 0.15) is 0 Å². The van der Waals surface area contributed by atoms with Crippen LogP contribution in [0.5, 0.6) is 0 Å². The molecule has 0 aromatic heterocycles. The molecule has 0 radical (unpaired) electrons. The Labute approximate surface area is 96.9 Å². The first kappa shape index (κ1) is 10.2. The molecule has 4 heteroatoms. The average Bonchev–Trinajstić information content (AvgIpc) is 2.74. The predicted octanol–water partition coefficient (Wildman–Crippen LogP) is 2.85. The number of nitrogens with zero attached hydrogens (tertiary/aromatic N) is 1. The molecule has 1 heterocycles. The highest BCUT2D eigenvalue weighted by Gasteiger charge is 2.13. The highest BCUT2D eigenvalue weighted by atomic mass is 79.9. The molecule has 0 saturated heterocycles. The molecular formula is C11H11BrN2O. The van der Waals surface area contributed by atoms with Crippen molar-refractivity contribution in [1.29, 1.82) is 0 Å². The lowest BCUT2D eigenvalue weighted by molar-refractivity contribution is 0.224. The number of hydrogen-bond donors (Lipinski definition) is 1. The summed E-state index contributed by atoms with van der Waals surface area (Å²) in [5, 5.41) is 2.84. The second kappa shape index (κ2) is 4.49. The van der Waals surface area contributed by atoms with E-state index in [1.807, 2.05) is 36.4 Å². The Morgan fingerprint density at radius 3 is 2.40 bits per heavy atom. The number of urea groups is 1. The molecule has 15 heavy (non-hydrogen) atoms. The van der Waals surface area contributed by atoms with E-state index in [2.05, 4.69) is 21.2 Å². The number of nitrogens with one attached hydrogen (secondary N) is 1. The maximum atomic E-state index is 11.7. The van der Waals surface area contributed by atoms with Gasteiger partial charge in [0.05, 0.1) is 0 Å². The van der Waals surface area contributed by atoms with Crippen molar-refractivity contribution >= 4 is 27.6 Å². The van der Waals surface area contributed by atoms with Gasteiger partial charge in [-0.2, -0.15) is 0 Å². The van der Waals surface area contributed by atoms with Gasteiger partial charge in [-0.1, -0.05) is 28.1 Å². The van der Waals surface area contributed by atoms with Crippen molar-refractivity contribution in [3.8, 4) is 0 Å². The first-order valence-corrected chi connectivity index (χ1v) is 5.51. The van der Waals surface area contributed by atoms with Crippen molar-refractivity contribution in [2.24, 2.45) is 0 Å². The summed E-state index contributed by atoms with van der Waals surface area (Å²) in [6.45, 7) is 1.39. The van der Waals surface area contributed by atoms with Crippen LogP contribution in [0.15, 0.2) is 40.9 Å². The van der Waals surface area contributed by atoms with E-state index in [1.165, 1.54) is 0 Å². The van der Waals surface area contributed by atoms with Crippen LogP contribution in [0, 0.1) is 0 Å². The third-order valence-electron chi connectivity index (χ3n) is 2.20. The van der Waals surface area contributed by atoms with Gasteiger partial charge in [0, 0.05) is 23.2 Å². The van der Waals surface area contributed by atoms with Crippen molar-refractivity contribution in [3.63, 3.8) is 0 Å². The first-order chi connectivity index (χ1) is 7.25. The summed E-state index contributed by atoms with van der Waals surface area (Å²) < 4.78 is 1.00.